The van der Waals surface area contributed by atoms with E-state index in [0.717, 1.165) is 12.4 Å². The van der Waals surface area contributed by atoms with E-state index in [1.54, 1.807) is 6.92 Å². The summed E-state index contributed by atoms with van der Waals surface area (Å²) in [6.07, 6.45) is 4.87. The average molecular weight is 265 g/mol. The summed E-state index contributed by atoms with van der Waals surface area (Å²) in [5.41, 5.74) is 6.70. The number of rotatable bonds is 6. The average Bonchev–Trinajstić information content (AvgIpc) is 3.06. The maximum absolute atomic E-state index is 11.8. The monoisotopic (exact) mass is 265 g/mol. The zero-order valence-electron chi connectivity index (χ0n) is 12.0. The van der Waals surface area contributed by atoms with E-state index in [1.165, 1.54) is 25.7 Å². The van der Waals surface area contributed by atoms with Crippen molar-refractivity contribution in [3.8, 4) is 0 Å². The molecule has 1 aromatic rings. The van der Waals surface area contributed by atoms with Gasteiger partial charge in [0.1, 0.15) is 11.6 Å². The van der Waals surface area contributed by atoms with Crippen LogP contribution in [-0.4, -0.2) is 22.1 Å². The molecule has 1 aromatic heterocycles. The molecule has 2 N–H and O–H groups in total. The summed E-state index contributed by atoms with van der Waals surface area (Å²) in [6.45, 7) is 7.07. The second kappa shape index (κ2) is 5.23. The Balaban J connectivity index is 2.20. The molecule has 5 nitrogen and oxygen atoms in total. The minimum Gasteiger partial charge on any atom is -0.461 e. The van der Waals surface area contributed by atoms with Crippen LogP contribution in [0.25, 0.3) is 0 Å². The zero-order chi connectivity index (χ0) is 14.0. The molecule has 0 amide bonds. The molecule has 1 saturated carbocycles. The zero-order valence-corrected chi connectivity index (χ0v) is 12.0. The highest BCUT2D eigenvalue weighted by Gasteiger charge is 2.42. The molecule has 19 heavy (non-hydrogen) atoms. The topological polar surface area (TPSA) is 70.1 Å². The molecule has 0 bridgehead atoms. The van der Waals surface area contributed by atoms with Gasteiger partial charge in [0, 0.05) is 6.54 Å². The number of imidazole rings is 1. The molecule has 1 fully saturated rings. The number of aromatic nitrogens is 2. The largest absolute Gasteiger partial charge is 0.461 e. The first-order valence-corrected chi connectivity index (χ1v) is 7.02. The summed E-state index contributed by atoms with van der Waals surface area (Å²) in [6, 6.07) is 0. The number of nitrogens with zero attached hydrogens (tertiary/aromatic N) is 2. The Labute approximate surface area is 114 Å². The van der Waals surface area contributed by atoms with Crippen molar-refractivity contribution in [3.63, 3.8) is 0 Å². The highest BCUT2D eigenvalue weighted by atomic mass is 16.5. The number of hydrogen-bond donors (Lipinski definition) is 1. The molecule has 1 heterocycles. The molecule has 0 saturated heterocycles. The summed E-state index contributed by atoms with van der Waals surface area (Å²) in [7, 11) is 0. The molecule has 0 radical (unpaired) electrons. The molecule has 0 atom stereocenters. The number of anilines is 1. The maximum atomic E-state index is 11.8. The maximum Gasteiger partial charge on any atom is 0.360 e. The summed E-state index contributed by atoms with van der Waals surface area (Å²) in [5.74, 6) is 0.809. The van der Waals surface area contributed by atoms with Gasteiger partial charge in [-0.1, -0.05) is 13.3 Å². The quantitative estimate of drug-likeness (QED) is 0.802. The smallest absolute Gasteiger partial charge is 0.360 e. The lowest BCUT2D eigenvalue weighted by Gasteiger charge is -2.17. The van der Waals surface area contributed by atoms with Gasteiger partial charge in [-0.25, -0.2) is 9.78 Å². The van der Waals surface area contributed by atoms with Crippen molar-refractivity contribution in [2.24, 2.45) is 5.41 Å². The third-order valence-corrected chi connectivity index (χ3v) is 3.90. The lowest BCUT2D eigenvalue weighted by Crippen LogP contribution is -2.16. The third kappa shape index (κ3) is 2.74. The predicted octanol–water partition coefficient (Wildman–Crippen LogP) is 2.53. The summed E-state index contributed by atoms with van der Waals surface area (Å²) in [4.78, 5) is 16.0. The lowest BCUT2D eigenvalue weighted by molar-refractivity contribution is 0.0521. The van der Waals surface area contributed by atoms with Crippen LogP contribution in [0.1, 0.15) is 55.8 Å². The Hall–Kier alpha value is -1.52. The van der Waals surface area contributed by atoms with Crippen LogP contribution in [0.15, 0.2) is 0 Å². The highest BCUT2D eigenvalue weighted by Crippen LogP contribution is 2.51. The Kier molecular flexibility index (Phi) is 3.83. The van der Waals surface area contributed by atoms with Crippen LogP contribution in [0.5, 0.6) is 0 Å². The number of hydrogen-bond acceptors (Lipinski definition) is 4. The van der Waals surface area contributed by atoms with Gasteiger partial charge in [-0.05, 0) is 38.5 Å². The van der Waals surface area contributed by atoms with E-state index in [0.29, 0.717) is 17.8 Å². The minimum absolute atomic E-state index is 0.256. The molecule has 0 spiro atoms. The van der Waals surface area contributed by atoms with Gasteiger partial charge >= 0.3 is 5.97 Å². The fourth-order valence-electron chi connectivity index (χ4n) is 2.66. The second-order valence-corrected chi connectivity index (χ2v) is 5.45. The van der Waals surface area contributed by atoms with E-state index in [9.17, 15) is 4.79 Å². The Bertz CT molecular complexity index is 475. The van der Waals surface area contributed by atoms with Crippen LogP contribution in [0.3, 0.4) is 0 Å². The molecule has 1 aliphatic carbocycles. The standard InChI is InChI=1S/C14H23N3O2/c1-4-6-14(7-8-14)9-17-10(3)16-11(12(17)15)13(18)19-5-2/h4-9,15H2,1-3H3. The summed E-state index contributed by atoms with van der Waals surface area (Å²) >= 11 is 0. The van der Waals surface area contributed by atoms with Gasteiger partial charge in [0.15, 0.2) is 5.69 Å². The van der Waals surface area contributed by atoms with Crippen molar-refractivity contribution < 1.29 is 9.53 Å². The molecule has 0 aromatic carbocycles. The summed E-state index contributed by atoms with van der Waals surface area (Å²) < 4.78 is 6.94. The van der Waals surface area contributed by atoms with Gasteiger partial charge in [0.25, 0.3) is 0 Å². The van der Waals surface area contributed by atoms with Crippen molar-refractivity contribution in [3.05, 3.63) is 11.5 Å². The van der Waals surface area contributed by atoms with Crippen LogP contribution < -0.4 is 5.73 Å². The van der Waals surface area contributed by atoms with Crippen molar-refractivity contribution in [1.29, 1.82) is 0 Å². The first-order valence-electron chi connectivity index (χ1n) is 7.02. The highest BCUT2D eigenvalue weighted by molar-refractivity contribution is 5.92. The molecule has 1 aliphatic rings. The third-order valence-electron chi connectivity index (χ3n) is 3.90. The Morgan fingerprint density at radius 3 is 2.68 bits per heavy atom. The van der Waals surface area contributed by atoms with E-state index in [4.69, 9.17) is 10.5 Å². The summed E-state index contributed by atoms with van der Waals surface area (Å²) in [5, 5.41) is 0. The van der Waals surface area contributed by atoms with Gasteiger partial charge in [0.2, 0.25) is 0 Å². The molecule has 2 rings (SSSR count). The lowest BCUT2D eigenvalue weighted by atomic mass is 10.0. The number of carbonyl (C=O) groups is 1. The van der Waals surface area contributed by atoms with Gasteiger partial charge in [-0.3, -0.25) is 0 Å². The van der Waals surface area contributed by atoms with Gasteiger partial charge < -0.3 is 15.0 Å². The van der Waals surface area contributed by atoms with Crippen LogP contribution in [0, 0.1) is 12.3 Å². The van der Waals surface area contributed by atoms with Gasteiger partial charge in [-0.2, -0.15) is 0 Å². The van der Waals surface area contributed by atoms with Crippen LogP contribution in [0.2, 0.25) is 0 Å². The number of ether oxygens (including phenoxy) is 1. The normalized spacial score (nSPS) is 16.4. The van der Waals surface area contributed by atoms with Crippen molar-refractivity contribution in [1.82, 2.24) is 9.55 Å². The van der Waals surface area contributed by atoms with E-state index < -0.39 is 5.97 Å². The predicted molar refractivity (Wildman–Crippen MR) is 73.9 cm³/mol. The van der Waals surface area contributed by atoms with Crippen LogP contribution in [0.4, 0.5) is 5.82 Å². The first-order chi connectivity index (χ1) is 9.03. The fourth-order valence-corrected chi connectivity index (χ4v) is 2.66. The number of nitrogens with two attached hydrogens (primary N) is 1. The first kappa shape index (κ1) is 13.9. The molecular weight excluding hydrogens is 242 g/mol. The van der Waals surface area contributed by atoms with Crippen LogP contribution in [-0.2, 0) is 11.3 Å². The van der Waals surface area contributed by atoms with Gasteiger partial charge in [0.05, 0.1) is 6.61 Å². The van der Waals surface area contributed by atoms with E-state index >= 15 is 0 Å². The van der Waals surface area contributed by atoms with Crippen molar-refractivity contribution in [2.75, 3.05) is 12.3 Å². The van der Waals surface area contributed by atoms with Crippen LogP contribution >= 0.6 is 0 Å². The van der Waals surface area contributed by atoms with E-state index in [-0.39, 0.29) is 5.69 Å². The van der Waals surface area contributed by atoms with Crippen molar-refractivity contribution in [2.45, 2.75) is 53.0 Å². The second-order valence-electron chi connectivity index (χ2n) is 5.45. The van der Waals surface area contributed by atoms with Gasteiger partial charge in [-0.15, -0.1) is 0 Å². The fraction of sp³-hybridized carbons (Fsp3) is 0.714. The Morgan fingerprint density at radius 1 is 1.47 bits per heavy atom. The molecule has 0 unspecified atom stereocenters. The number of carbonyl (C=O) groups excluding carboxylic acids is 1. The Morgan fingerprint density at radius 2 is 2.16 bits per heavy atom. The number of aryl methyl sites for hydroxylation is 1. The molecular formula is C14H23N3O2. The molecule has 5 heteroatoms. The number of esters is 1. The van der Waals surface area contributed by atoms with E-state index in [1.807, 2.05) is 11.5 Å². The molecule has 0 aliphatic heterocycles. The van der Waals surface area contributed by atoms with E-state index in [2.05, 4.69) is 11.9 Å². The molecule has 106 valence electrons. The van der Waals surface area contributed by atoms with Crippen molar-refractivity contribution >= 4 is 11.8 Å². The number of nitrogen functional groups attached to an aromatic ring is 1. The minimum atomic E-state index is -0.429. The SMILES string of the molecule is CCCC1(Cn2c(C)nc(C(=O)OCC)c2N)CC1.